The van der Waals surface area contributed by atoms with Crippen molar-refractivity contribution in [3.63, 3.8) is 0 Å². The van der Waals surface area contributed by atoms with Crippen LogP contribution in [0.15, 0.2) is 24.3 Å². The summed E-state index contributed by atoms with van der Waals surface area (Å²) < 4.78 is 4.59. The SMILES string of the molecule is COC(=O)c1cc2c(C#N)cccc2[nH]1. The van der Waals surface area contributed by atoms with E-state index in [2.05, 4.69) is 15.8 Å². The van der Waals surface area contributed by atoms with Gasteiger partial charge in [-0.1, -0.05) is 6.07 Å². The Morgan fingerprint density at radius 2 is 2.33 bits per heavy atom. The van der Waals surface area contributed by atoms with Gasteiger partial charge in [-0.2, -0.15) is 5.26 Å². The first-order chi connectivity index (χ1) is 7.26. The van der Waals surface area contributed by atoms with E-state index in [0.717, 1.165) is 10.9 Å². The standard InChI is InChI=1S/C11H8N2O2/c1-15-11(14)10-5-8-7(6-12)3-2-4-9(8)13-10/h2-5,13H,1H3. The predicted molar refractivity (Wildman–Crippen MR) is 54.4 cm³/mol. The summed E-state index contributed by atoms with van der Waals surface area (Å²) in [5.74, 6) is -0.435. The highest BCUT2D eigenvalue weighted by Crippen LogP contribution is 2.19. The van der Waals surface area contributed by atoms with Crippen molar-refractivity contribution >= 4 is 16.9 Å². The third kappa shape index (κ3) is 1.44. The average Bonchev–Trinajstić information content (AvgIpc) is 2.71. The van der Waals surface area contributed by atoms with Crippen molar-refractivity contribution in [1.29, 1.82) is 5.26 Å². The van der Waals surface area contributed by atoms with Crippen LogP contribution in [0.2, 0.25) is 0 Å². The number of H-pyrrole nitrogens is 1. The molecule has 0 radical (unpaired) electrons. The molecule has 0 atom stereocenters. The number of nitrogens with one attached hydrogen (secondary N) is 1. The van der Waals surface area contributed by atoms with E-state index < -0.39 is 5.97 Å². The van der Waals surface area contributed by atoms with E-state index in [1.54, 1.807) is 18.2 Å². The number of benzene rings is 1. The number of methoxy groups -OCH3 is 1. The van der Waals surface area contributed by atoms with Crippen molar-refractivity contribution in [2.45, 2.75) is 0 Å². The first-order valence-electron chi connectivity index (χ1n) is 4.36. The number of ether oxygens (including phenoxy) is 1. The van der Waals surface area contributed by atoms with Crippen LogP contribution in [0.5, 0.6) is 0 Å². The molecular weight excluding hydrogens is 192 g/mol. The van der Waals surface area contributed by atoms with Crippen LogP contribution < -0.4 is 0 Å². The average molecular weight is 200 g/mol. The molecule has 0 spiro atoms. The minimum atomic E-state index is -0.435. The van der Waals surface area contributed by atoms with Crippen LogP contribution in [0, 0.1) is 11.3 Å². The number of aromatic amines is 1. The molecule has 15 heavy (non-hydrogen) atoms. The molecule has 1 heterocycles. The van der Waals surface area contributed by atoms with Crippen molar-refractivity contribution in [3.8, 4) is 6.07 Å². The van der Waals surface area contributed by atoms with Gasteiger partial charge in [-0.25, -0.2) is 4.79 Å². The Bertz CT molecular complexity index is 563. The van der Waals surface area contributed by atoms with E-state index >= 15 is 0 Å². The number of hydrogen-bond acceptors (Lipinski definition) is 3. The molecule has 0 unspecified atom stereocenters. The number of fused-ring (bicyclic) bond motifs is 1. The zero-order valence-corrected chi connectivity index (χ0v) is 8.07. The van der Waals surface area contributed by atoms with Crippen LogP contribution in [0.4, 0.5) is 0 Å². The highest BCUT2D eigenvalue weighted by atomic mass is 16.5. The quantitative estimate of drug-likeness (QED) is 0.714. The van der Waals surface area contributed by atoms with Crippen molar-refractivity contribution in [2.75, 3.05) is 7.11 Å². The highest BCUT2D eigenvalue weighted by molar-refractivity contribution is 5.96. The van der Waals surface area contributed by atoms with E-state index in [9.17, 15) is 4.79 Å². The lowest BCUT2D eigenvalue weighted by molar-refractivity contribution is 0.0595. The summed E-state index contributed by atoms with van der Waals surface area (Å²) in [6.07, 6.45) is 0. The highest BCUT2D eigenvalue weighted by Gasteiger charge is 2.10. The molecule has 0 aliphatic carbocycles. The monoisotopic (exact) mass is 200 g/mol. The fourth-order valence-corrected chi connectivity index (χ4v) is 1.47. The Balaban J connectivity index is 2.66. The summed E-state index contributed by atoms with van der Waals surface area (Å²) in [7, 11) is 1.32. The Morgan fingerprint density at radius 1 is 1.53 bits per heavy atom. The first-order valence-corrected chi connectivity index (χ1v) is 4.36. The number of rotatable bonds is 1. The van der Waals surface area contributed by atoms with Crippen LogP contribution in [0.3, 0.4) is 0 Å². The van der Waals surface area contributed by atoms with Gasteiger partial charge in [0.1, 0.15) is 5.69 Å². The summed E-state index contributed by atoms with van der Waals surface area (Å²) >= 11 is 0. The van der Waals surface area contributed by atoms with Gasteiger partial charge in [-0.15, -0.1) is 0 Å². The van der Waals surface area contributed by atoms with E-state index in [4.69, 9.17) is 5.26 Å². The second-order valence-electron chi connectivity index (χ2n) is 3.05. The van der Waals surface area contributed by atoms with Crippen molar-refractivity contribution < 1.29 is 9.53 Å². The van der Waals surface area contributed by atoms with Crippen LogP contribution >= 0.6 is 0 Å². The molecule has 0 aliphatic heterocycles. The largest absolute Gasteiger partial charge is 0.464 e. The molecule has 2 rings (SSSR count). The molecule has 0 aliphatic rings. The lowest BCUT2D eigenvalue weighted by Gasteiger charge is -1.91. The Labute approximate surface area is 86.1 Å². The molecule has 4 heteroatoms. The van der Waals surface area contributed by atoms with Crippen molar-refractivity contribution in [1.82, 2.24) is 4.98 Å². The molecule has 0 saturated carbocycles. The Kier molecular flexibility index (Phi) is 2.14. The summed E-state index contributed by atoms with van der Waals surface area (Å²) in [6, 6.07) is 8.97. The number of nitrogens with zero attached hydrogens (tertiary/aromatic N) is 1. The predicted octanol–water partition coefficient (Wildman–Crippen LogP) is 1.83. The molecule has 4 nitrogen and oxygen atoms in total. The van der Waals surface area contributed by atoms with Gasteiger partial charge >= 0.3 is 5.97 Å². The number of aromatic nitrogens is 1. The fourth-order valence-electron chi connectivity index (χ4n) is 1.47. The normalized spacial score (nSPS) is 9.87. The Hall–Kier alpha value is -2.28. The van der Waals surface area contributed by atoms with E-state index in [0.29, 0.717) is 11.3 Å². The van der Waals surface area contributed by atoms with Gasteiger partial charge in [0.25, 0.3) is 0 Å². The van der Waals surface area contributed by atoms with Crippen LogP contribution in [0.25, 0.3) is 10.9 Å². The van der Waals surface area contributed by atoms with E-state index in [-0.39, 0.29) is 0 Å². The summed E-state index contributed by atoms with van der Waals surface area (Å²) in [4.78, 5) is 14.1. The van der Waals surface area contributed by atoms with Gasteiger partial charge in [0.2, 0.25) is 0 Å². The van der Waals surface area contributed by atoms with Gasteiger partial charge in [0, 0.05) is 10.9 Å². The molecule has 1 aromatic carbocycles. The third-order valence-corrected chi connectivity index (χ3v) is 2.19. The van der Waals surface area contributed by atoms with Gasteiger partial charge < -0.3 is 9.72 Å². The molecule has 0 fully saturated rings. The number of carbonyl (C=O) groups excluding carboxylic acids is 1. The Morgan fingerprint density at radius 3 is 3.00 bits per heavy atom. The first kappa shape index (κ1) is 9.28. The number of hydrogen-bond donors (Lipinski definition) is 1. The molecule has 0 amide bonds. The lowest BCUT2D eigenvalue weighted by atomic mass is 10.1. The second kappa shape index (κ2) is 3.46. The van der Waals surface area contributed by atoms with Crippen LogP contribution in [-0.2, 0) is 4.74 Å². The fraction of sp³-hybridized carbons (Fsp3) is 0.0909. The summed E-state index contributed by atoms with van der Waals surface area (Å²) in [5, 5.41) is 9.60. The minimum Gasteiger partial charge on any atom is -0.464 e. The minimum absolute atomic E-state index is 0.357. The number of nitriles is 1. The summed E-state index contributed by atoms with van der Waals surface area (Å²) in [6.45, 7) is 0. The molecule has 1 aromatic heterocycles. The lowest BCUT2D eigenvalue weighted by Crippen LogP contribution is -2.00. The maximum atomic E-state index is 11.2. The zero-order chi connectivity index (χ0) is 10.8. The van der Waals surface area contributed by atoms with Crippen LogP contribution in [0.1, 0.15) is 16.1 Å². The maximum Gasteiger partial charge on any atom is 0.354 e. The third-order valence-electron chi connectivity index (χ3n) is 2.19. The van der Waals surface area contributed by atoms with E-state index in [1.807, 2.05) is 6.07 Å². The molecule has 1 N–H and O–H groups in total. The zero-order valence-electron chi connectivity index (χ0n) is 8.07. The van der Waals surface area contributed by atoms with Gasteiger partial charge in [0.05, 0.1) is 18.7 Å². The topological polar surface area (TPSA) is 65.9 Å². The number of esters is 1. The molecule has 0 bridgehead atoms. The molecule has 74 valence electrons. The smallest absolute Gasteiger partial charge is 0.354 e. The maximum absolute atomic E-state index is 11.2. The number of carbonyl (C=O) groups is 1. The van der Waals surface area contributed by atoms with E-state index in [1.165, 1.54) is 7.11 Å². The molecule has 0 saturated heterocycles. The van der Waals surface area contributed by atoms with Gasteiger partial charge in [-0.05, 0) is 18.2 Å². The molecule has 2 aromatic rings. The second-order valence-corrected chi connectivity index (χ2v) is 3.05. The summed E-state index contributed by atoms with van der Waals surface area (Å²) in [5.41, 5.74) is 1.66. The molecular formula is C11H8N2O2. The van der Waals surface area contributed by atoms with Crippen molar-refractivity contribution in [3.05, 3.63) is 35.5 Å². The van der Waals surface area contributed by atoms with Gasteiger partial charge in [0.15, 0.2) is 0 Å². The van der Waals surface area contributed by atoms with Crippen LogP contribution in [-0.4, -0.2) is 18.1 Å². The van der Waals surface area contributed by atoms with Crippen molar-refractivity contribution in [2.24, 2.45) is 0 Å². The van der Waals surface area contributed by atoms with Gasteiger partial charge in [-0.3, -0.25) is 0 Å².